The Bertz CT molecular complexity index is 1060. The first-order valence-corrected chi connectivity index (χ1v) is 11.5. The number of rotatable bonds is 5. The van der Waals surface area contributed by atoms with Gasteiger partial charge in [0.15, 0.2) is 0 Å². The lowest BCUT2D eigenvalue weighted by molar-refractivity contribution is -0.385. The summed E-state index contributed by atoms with van der Waals surface area (Å²) >= 11 is 0. The molecule has 2 aromatic rings. The normalized spacial score (nSPS) is 18.2. The van der Waals surface area contributed by atoms with Crippen molar-refractivity contribution in [1.29, 1.82) is 0 Å². The average Bonchev–Trinajstić information content (AvgIpc) is 2.80. The number of hydrogen-bond acceptors (Lipinski definition) is 8. The minimum atomic E-state index is -3.92. The lowest BCUT2D eigenvalue weighted by Crippen LogP contribution is -2.47. The minimum absolute atomic E-state index is 0.0559. The van der Waals surface area contributed by atoms with Gasteiger partial charge in [-0.1, -0.05) is 12.1 Å². The number of piperazine rings is 1. The van der Waals surface area contributed by atoms with Crippen LogP contribution in [0.1, 0.15) is 0 Å². The second-order valence-corrected chi connectivity index (χ2v) is 9.29. The summed E-state index contributed by atoms with van der Waals surface area (Å²) in [6.45, 7) is 3.19. The predicted molar refractivity (Wildman–Crippen MR) is 115 cm³/mol. The smallest absolute Gasteiger partial charge is 0.270 e. The first-order valence-electron chi connectivity index (χ1n) is 10.0. The van der Waals surface area contributed by atoms with Crippen molar-refractivity contribution in [2.24, 2.45) is 0 Å². The zero-order valence-electron chi connectivity index (χ0n) is 16.9. The summed E-state index contributed by atoms with van der Waals surface area (Å²) in [5, 5.41) is 21.4. The number of sulfonamides is 1. The molecule has 2 aliphatic heterocycles. The van der Waals surface area contributed by atoms with Crippen LogP contribution >= 0.6 is 0 Å². The van der Waals surface area contributed by atoms with Gasteiger partial charge in [0, 0.05) is 51.4 Å². The number of non-ortho nitro benzene ring substituents is 1. The standard InChI is InChI=1S/C20H24N4O6S/c25-19-4-2-1-3-17(19)21-7-9-22(10-8-21)18-6-5-16(24(26)27)15-20(18)31(28,29)23-11-13-30-14-12-23/h1-6,15,25H,7-14H2. The molecule has 0 atom stereocenters. The number of nitrogens with zero attached hydrogens (tertiary/aromatic N) is 4. The van der Waals surface area contributed by atoms with Gasteiger partial charge >= 0.3 is 0 Å². The van der Waals surface area contributed by atoms with E-state index in [1.54, 1.807) is 12.1 Å². The average molecular weight is 449 g/mol. The molecular weight excluding hydrogens is 424 g/mol. The Balaban J connectivity index is 1.63. The third-order valence-electron chi connectivity index (χ3n) is 5.58. The summed E-state index contributed by atoms with van der Waals surface area (Å²) in [5.41, 5.74) is 0.921. The van der Waals surface area contributed by atoms with Crippen LogP contribution in [0.5, 0.6) is 5.75 Å². The van der Waals surface area contributed by atoms with E-state index in [0.29, 0.717) is 45.1 Å². The number of ether oxygens (including phenoxy) is 1. The van der Waals surface area contributed by atoms with Gasteiger partial charge in [0.1, 0.15) is 10.6 Å². The molecule has 2 aliphatic rings. The fourth-order valence-electron chi connectivity index (χ4n) is 3.93. The molecule has 0 saturated carbocycles. The number of morpholine rings is 1. The zero-order chi connectivity index (χ0) is 22.0. The molecule has 2 saturated heterocycles. The molecule has 11 heteroatoms. The number of nitro benzene ring substituents is 1. The van der Waals surface area contributed by atoms with E-state index >= 15 is 0 Å². The number of para-hydroxylation sites is 2. The minimum Gasteiger partial charge on any atom is -0.506 e. The first kappa shape index (κ1) is 21.3. The number of phenols is 1. The van der Waals surface area contributed by atoms with Crippen LogP contribution in [0.2, 0.25) is 0 Å². The first-order chi connectivity index (χ1) is 14.9. The quantitative estimate of drug-likeness (QED) is 0.542. The Morgan fingerprint density at radius 2 is 1.52 bits per heavy atom. The number of benzene rings is 2. The summed E-state index contributed by atoms with van der Waals surface area (Å²) in [6, 6.07) is 11.1. The van der Waals surface area contributed by atoms with Gasteiger partial charge in [-0.3, -0.25) is 10.1 Å². The lowest BCUT2D eigenvalue weighted by atomic mass is 10.2. The molecule has 10 nitrogen and oxygen atoms in total. The van der Waals surface area contributed by atoms with Gasteiger partial charge in [-0.15, -0.1) is 0 Å². The second kappa shape index (κ2) is 8.69. The van der Waals surface area contributed by atoms with E-state index in [1.165, 1.54) is 16.4 Å². The van der Waals surface area contributed by atoms with Crippen molar-refractivity contribution < 1.29 is 23.2 Å². The van der Waals surface area contributed by atoms with E-state index in [0.717, 1.165) is 11.8 Å². The molecule has 166 valence electrons. The largest absolute Gasteiger partial charge is 0.506 e. The topological polar surface area (TPSA) is 116 Å². The maximum Gasteiger partial charge on any atom is 0.270 e. The number of hydrogen-bond donors (Lipinski definition) is 1. The summed E-state index contributed by atoms with van der Waals surface area (Å²) in [5.74, 6) is 0.196. The molecule has 0 spiro atoms. The Morgan fingerprint density at radius 3 is 2.13 bits per heavy atom. The van der Waals surface area contributed by atoms with Crippen molar-refractivity contribution in [2.45, 2.75) is 4.90 Å². The van der Waals surface area contributed by atoms with Gasteiger partial charge in [-0.2, -0.15) is 4.31 Å². The number of phenolic OH excluding ortho intramolecular Hbond substituents is 1. The number of anilines is 2. The van der Waals surface area contributed by atoms with Crippen LogP contribution in [0.4, 0.5) is 17.1 Å². The van der Waals surface area contributed by atoms with E-state index in [9.17, 15) is 23.6 Å². The van der Waals surface area contributed by atoms with Crippen molar-refractivity contribution in [2.75, 3.05) is 62.3 Å². The maximum atomic E-state index is 13.3. The molecule has 0 bridgehead atoms. The monoisotopic (exact) mass is 448 g/mol. The molecular formula is C20H24N4O6S. The number of aromatic hydroxyl groups is 1. The van der Waals surface area contributed by atoms with Gasteiger partial charge in [-0.05, 0) is 18.2 Å². The zero-order valence-corrected chi connectivity index (χ0v) is 17.7. The van der Waals surface area contributed by atoms with Gasteiger partial charge in [-0.25, -0.2) is 8.42 Å². The third kappa shape index (κ3) is 4.29. The van der Waals surface area contributed by atoms with E-state index < -0.39 is 14.9 Å². The van der Waals surface area contributed by atoms with E-state index in [1.807, 2.05) is 21.9 Å². The molecule has 0 aromatic heterocycles. The highest BCUT2D eigenvalue weighted by atomic mass is 32.2. The van der Waals surface area contributed by atoms with E-state index in [-0.39, 0.29) is 29.4 Å². The van der Waals surface area contributed by atoms with Crippen LogP contribution < -0.4 is 9.80 Å². The van der Waals surface area contributed by atoms with Crippen LogP contribution in [0.3, 0.4) is 0 Å². The van der Waals surface area contributed by atoms with Crippen LogP contribution in [-0.4, -0.2) is 75.2 Å². The molecule has 0 aliphatic carbocycles. The summed E-state index contributed by atoms with van der Waals surface area (Å²) in [4.78, 5) is 14.6. The van der Waals surface area contributed by atoms with Gasteiger partial charge in [0.25, 0.3) is 5.69 Å². The predicted octanol–water partition coefficient (Wildman–Crippen LogP) is 1.65. The highest BCUT2D eigenvalue weighted by molar-refractivity contribution is 7.89. The SMILES string of the molecule is O=[N+]([O-])c1ccc(N2CCN(c3ccccc3O)CC2)c(S(=O)(=O)N2CCOCC2)c1. The fourth-order valence-corrected chi connectivity index (χ4v) is 5.57. The molecule has 0 amide bonds. The van der Waals surface area contributed by atoms with Crippen molar-refractivity contribution in [3.63, 3.8) is 0 Å². The third-order valence-corrected chi connectivity index (χ3v) is 7.51. The van der Waals surface area contributed by atoms with Gasteiger partial charge in [0.2, 0.25) is 10.0 Å². The molecule has 31 heavy (non-hydrogen) atoms. The molecule has 1 N–H and O–H groups in total. The van der Waals surface area contributed by atoms with Crippen LogP contribution in [0, 0.1) is 10.1 Å². The van der Waals surface area contributed by atoms with Crippen molar-refractivity contribution in [3.8, 4) is 5.75 Å². The maximum absolute atomic E-state index is 13.3. The molecule has 2 fully saturated rings. The Hall–Kier alpha value is -2.89. The molecule has 0 unspecified atom stereocenters. The second-order valence-electron chi connectivity index (χ2n) is 7.39. The molecule has 0 radical (unpaired) electrons. The van der Waals surface area contributed by atoms with Gasteiger partial charge in [0.05, 0.1) is 29.5 Å². The highest BCUT2D eigenvalue weighted by Gasteiger charge is 2.32. The van der Waals surface area contributed by atoms with Gasteiger partial charge < -0.3 is 19.6 Å². The number of nitro groups is 1. The Kier molecular flexibility index (Phi) is 5.99. The van der Waals surface area contributed by atoms with Crippen molar-refractivity contribution in [3.05, 3.63) is 52.6 Å². The molecule has 4 rings (SSSR count). The summed E-state index contributed by atoms with van der Waals surface area (Å²) in [7, 11) is -3.92. The lowest BCUT2D eigenvalue weighted by Gasteiger charge is -2.38. The Morgan fingerprint density at radius 1 is 0.903 bits per heavy atom. The van der Waals surface area contributed by atoms with Crippen LogP contribution in [0.25, 0.3) is 0 Å². The van der Waals surface area contributed by atoms with E-state index in [2.05, 4.69) is 0 Å². The Labute approximate surface area is 180 Å². The van der Waals surface area contributed by atoms with Crippen LogP contribution in [-0.2, 0) is 14.8 Å². The van der Waals surface area contributed by atoms with E-state index in [4.69, 9.17) is 4.74 Å². The summed E-state index contributed by atoms with van der Waals surface area (Å²) < 4.78 is 33.2. The molecule has 2 aromatic carbocycles. The van der Waals surface area contributed by atoms with Crippen LogP contribution in [0.15, 0.2) is 47.4 Å². The highest BCUT2D eigenvalue weighted by Crippen LogP contribution is 2.34. The fraction of sp³-hybridized carbons (Fsp3) is 0.400. The van der Waals surface area contributed by atoms with Crippen molar-refractivity contribution in [1.82, 2.24) is 4.31 Å². The summed E-state index contributed by atoms with van der Waals surface area (Å²) in [6.07, 6.45) is 0. The molecule has 2 heterocycles. The van der Waals surface area contributed by atoms with Crippen molar-refractivity contribution >= 4 is 27.1 Å².